The molecular weight excluding hydrogens is 408 g/mol. The molecule has 8 heteroatoms. The number of hydrogen-bond donors (Lipinski definition) is 1. The lowest BCUT2D eigenvalue weighted by atomic mass is 9.92. The van der Waals surface area contributed by atoms with Crippen LogP contribution in [0.25, 0.3) is 0 Å². The van der Waals surface area contributed by atoms with Gasteiger partial charge in [-0.05, 0) is 32.9 Å². The van der Waals surface area contributed by atoms with Crippen molar-refractivity contribution < 1.29 is 19.1 Å². The molecule has 32 heavy (non-hydrogen) atoms. The Morgan fingerprint density at radius 1 is 1.06 bits per heavy atom. The Bertz CT molecular complexity index is 1010. The monoisotopic (exact) mass is 442 g/mol. The molecule has 1 aliphatic heterocycles. The number of methoxy groups -OCH3 is 2. The topological polar surface area (TPSA) is 85.7 Å². The molecule has 1 N–H and O–H groups in total. The van der Waals surface area contributed by atoms with E-state index in [1.54, 1.807) is 37.3 Å². The molecule has 1 aromatic carbocycles. The van der Waals surface area contributed by atoms with Crippen molar-refractivity contribution in [3.05, 3.63) is 30.0 Å². The van der Waals surface area contributed by atoms with Crippen molar-refractivity contribution in [1.29, 1.82) is 0 Å². The van der Waals surface area contributed by atoms with Gasteiger partial charge in [-0.1, -0.05) is 20.8 Å². The van der Waals surface area contributed by atoms with E-state index in [-0.39, 0.29) is 29.2 Å². The van der Waals surface area contributed by atoms with Crippen LogP contribution in [-0.4, -0.2) is 42.4 Å². The van der Waals surface area contributed by atoms with Crippen LogP contribution in [0.3, 0.4) is 0 Å². The van der Waals surface area contributed by atoms with Gasteiger partial charge in [0.2, 0.25) is 11.8 Å². The summed E-state index contributed by atoms with van der Waals surface area (Å²) in [5.74, 6) is 1.02. The molecule has 1 fully saturated rings. The highest BCUT2D eigenvalue weighted by atomic mass is 16.5. The first-order chi connectivity index (χ1) is 14.8. The van der Waals surface area contributed by atoms with Crippen LogP contribution in [0.2, 0.25) is 0 Å². The first-order valence-corrected chi connectivity index (χ1v) is 10.8. The van der Waals surface area contributed by atoms with Gasteiger partial charge in [0, 0.05) is 36.2 Å². The van der Waals surface area contributed by atoms with Crippen molar-refractivity contribution in [3.63, 3.8) is 0 Å². The Morgan fingerprint density at radius 2 is 1.72 bits per heavy atom. The van der Waals surface area contributed by atoms with Crippen LogP contribution in [0.4, 0.5) is 11.5 Å². The molecule has 2 heterocycles. The van der Waals surface area contributed by atoms with Gasteiger partial charge in [0.1, 0.15) is 5.82 Å². The Balaban J connectivity index is 1.81. The zero-order valence-electron chi connectivity index (χ0n) is 20.3. The summed E-state index contributed by atoms with van der Waals surface area (Å²) < 4.78 is 12.5. The summed E-state index contributed by atoms with van der Waals surface area (Å²) in [5, 5.41) is 7.77. The summed E-state index contributed by atoms with van der Waals surface area (Å²) in [6.45, 7) is 12.7. The molecule has 8 nitrogen and oxygen atoms in total. The fourth-order valence-electron chi connectivity index (χ4n) is 3.70. The van der Waals surface area contributed by atoms with Crippen molar-refractivity contribution in [2.24, 2.45) is 5.92 Å². The maximum atomic E-state index is 13.1. The average Bonchev–Trinajstić information content (AvgIpc) is 3.31. The van der Waals surface area contributed by atoms with E-state index in [4.69, 9.17) is 14.6 Å². The smallest absolute Gasteiger partial charge is 0.230 e. The molecular formula is C24H34N4O4. The van der Waals surface area contributed by atoms with Gasteiger partial charge in [0.15, 0.2) is 11.5 Å². The van der Waals surface area contributed by atoms with Gasteiger partial charge < -0.3 is 19.7 Å². The maximum Gasteiger partial charge on any atom is 0.230 e. The number of benzene rings is 1. The molecule has 1 atom stereocenters. The zero-order valence-corrected chi connectivity index (χ0v) is 20.3. The van der Waals surface area contributed by atoms with E-state index >= 15 is 0 Å². The van der Waals surface area contributed by atoms with Crippen LogP contribution in [-0.2, 0) is 20.5 Å². The van der Waals surface area contributed by atoms with E-state index in [2.05, 4.69) is 26.1 Å². The molecule has 0 aliphatic carbocycles. The lowest BCUT2D eigenvalue weighted by Gasteiger charge is -2.23. The molecule has 0 spiro atoms. The number of ether oxygens (including phenoxy) is 2. The SMILES string of the molecule is COc1ccc(N2CC(C(=O)Nc3cc(C(C)(C)C)nn3C(C)(C)C)CC2=O)cc1OC. The van der Waals surface area contributed by atoms with E-state index in [0.29, 0.717) is 29.5 Å². The maximum absolute atomic E-state index is 13.1. The fraction of sp³-hybridized carbons (Fsp3) is 0.542. The van der Waals surface area contributed by atoms with Crippen LogP contribution in [0, 0.1) is 5.92 Å². The first kappa shape index (κ1) is 23.6. The molecule has 1 aromatic heterocycles. The van der Waals surface area contributed by atoms with E-state index in [1.165, 1.54) is 0 Å². The highest BCUT2D eigenvalue weighted by Crippen LogP contribution is 2.35. The van der Waals surface area contributed by atoms with Gasteiger partial charge in [0.05, 0.1) is 31.4 Å². The molecule has 2 amide bonds. The molecule has 3 rings (SSSR count). The number of amides is 2. The van der Waals surface area contributed by atoms with Gasteiger partial charge in [-0.15, -0.1) is 0 Å². The lowest BCUT2D eigenvalue weighted by molar-refractivity contribution is -0.122. The minimum absolute atomic E-state index is 0.0999. The Kier molecular flexibility index (Phi) is 6.26. The Morgan fingerprint density at radius 3 is 2.28 bits per heavy atom. The van der Waals surface area contributed by atoms with Crippen LogP contribution < -0.4 is 19.7 Å². The largest absolute Gasteiger partial charge is 0.493 e. The second kappa shape index (κ2) is 8.48. The minimum atomic E-state index is -0.461. The third-order valence-corrected chi connectivity index (χ3v) is 5.54. The molecule has 1 saturated heterocycles. The minimum Gasteiger partial charge on any atom is -0.493 e. The summed E-state index contributed by atoms with van der Waals surface area (Å²) in [5.41, 5.74) is 1.13. The number of hydrogen-bond acceptors (Lipinski definition) is 5. The Hall–Kier alpha value is -3.03. The van der Waals surface area contributed by atoms with Gasteiger partial charge in [-0.3, -0.25) is 9.59 Å². The van der Waals surface area contributed by atoms with E-state index in [0.717, 1.165) is 5.69 Å². The number of carbonyl (C=O) groups is 2. The summed E-state index contributed by atoms with van der Waals surface area (Å²) >= 11 is 0. The average molecular weight is 443 g/mol. The third kappa shape index (κ3) is 4.74. The number of anilines is 2. The van der Waals surface area contributed by atoms with Crippen molar-refractivity contribution in [1.82, 2.24) is 9.78 Å². The van der Waals surface area contributed by atoms with Crippen LogP contribution in [0.15, 0.2) is 24.3 Å². The molecule has 0 saturated carbocycles. The van der Waals surface area contributed by atoms with Gasteiger partial charge in [-0.25, -0.2) is 4.68 Å². The van der Waals surface area contributed by atoms with Crippen molar-refractivity contribution in [2.75, 3.05) is 31.0 Å². The van der Waals surface area contributed by atoms with E-state index in [9.17, 15) is 9.59 Å². The summed E-state index contributed by atoms with van der Waals surface area (Å²) in [4.78, 5) is 27.5. The second-order valence-corrected chi connectivity index (χ2v) is 10.2. The molecule has 1 aliphatic rings. The molecule has 174 valence electrons. The molecule has 1 unspecified atom stereocenters. The predicted molar refractivity (Wildman–Crippen MR) is 125 cm³/mol. The lowest BCUT2D eigenvalue weighted by Crippen LogP contribution is -2.31. The van der Waals surface area contributed by atoms with Crippen LogP contribution >= 0.6 is 0 Å². The van der Waals surface area contributed by atoms with Crippen LogP contribution in [0.1, 0.15) is 53.7 Å². The number of nitrogens with one attached hydrogen (secondary N) is 1. The number of nitrogens with zero attached hydrogens (tertiary/aromatic N) is 3. The van der Waals surface area contributed by atoms with Gasteiger partial charge in [0.25, 0.3) is 0 Å². The third-order valence-electron chi connectivity index (χ3n) is 5.54. The van der Waals surface area contributed by atoms with Gasteiger partial charge in [-0.2, -0.15) is 5.10 Å². The second-order valence-electron chi connectivity index (χ2n) is 10.2. The van der Waals surface area contributed by atoms with Crippen molar-refractivity contribution in [3.8, 4) is 11.5 Å². The number of rotatable bonds is 5. The highest BCUT2D eigenvalue weighted by molar-refractivity contribution is 6.03. The molecule has 0 bridgehead atoms. The van der Waals surface area contributed by atoms with Gasteiger partial charge >= 0.3 is 0 Å². The zero-order chi connectivity index (χ0) is 23.8. The van der Waals surface area contributed by atoms with Crippen LogP contribution in [0.5, 0.6) is 11.5 Å². The highest BCUT2D eigenvalue weighted by Gasteiger charge is 2.36. The summed E-state index contributed by atoms with van der Waals surface area (Å²) in [7, 11) is 3.11. The number of aromatic nitrogens is 2. The molecule has 0 radical (unpaired) electrons. The number of carbonyl (C=O) groups excluding carboxylic acids is 2. The predicted octanol–water partition coefficient (Wildman–Crippen LogP) is 3.94. The summed E-state index contributed by atoms with van der Waals surface area (Å²) in [6.07, 6.45) is 0.149. The normalized spacial score (nSPS) is 16.9. The Labute approximate surface area is 189 Å². The quantitative estimate of drug-likeness (QED) is 0.758. The first-order valence-electron chi connectivity index (χ1n) is 10.8. The van der Waals surface area contributed by atoms with E-state index < -0.39 is 5.92 Å². The fourth-order valence-corrected chi connectivity index (χ4v) is 3.70. The van der Waals surface area contributed by atoms with E-state index in [1.807, 2.05) is 31.5 Å². The standard InChI is InChI=1S/C24H34N4O4/c1-23(2,3)19-13-20(28(26-19)24(4,5)6)25-22(30)15-11-21(29)27(14-15)16-9-10-17(31-7)18(12-16)32-8/h9-10,12-13,15H,11,14H2,1-8H3,(H,25,30). The van der Waals surface area contributed by atoms with Crippen molar-refractivity contribution >= 4 is 23.3 Å². The van der Waals surface area contributed by atoms with Crippen molar-refractivity contribution in [2.45, 2.75) is 58.9 Å². The summed E-state index contributed by atoms with van der Waals surface area (Å²) in [6, 6.07) is 7.22. The molecule has 2 aromatic rings.